The third kappa shape index (κ3) is 3.05. The Bertz CT molecular complexity index is 921. The molecule has 1 aliphatic rings. The lowest BCUT2D eigenvalue weighted by molar-refractivity contribution is 0.101. The molecule has 1 amide bonds. The van der Waals surface area contributed by atoms with Crippen molar-refractivity contribution in [3.63, 3.8) is 0 Å². The highest BCUT2D eigenvalue weighted by Gasteiger charge is 2.17. The SMILES string of the molecule is Cc1cc(C(=O)Nc2nnc(-c3ccc4c(c3)CCCC4)o2)nn1C. The number of anilines is 1. The molecule has 0 aliphatic heterocycles. The average Bonchev–Trinajstić information content (AvgIpc) is 3.21. The summed E-state index contributed by atoms with van der Waals surface area (Å²) >= 11 is 0. The molecule has 1 aliphatic carbocycles. The van der Waals surface area contributed by atoms with Crippen LogP contribution in [-0.2, 0) is 19.9 Å². The molecule has 0 bridgehead atoms. The molecule has 2 aromatic heterocycles. The van der Waals surface area contributed by atoms with E-state index in [-0.39, 0.29) is 11.9 Å². The lowest BCUT2D eigenvalue weighted by Crippen LogP contribution is -2.13. The molecule has 1 aromatic carbocycles. The van der Waals surface area contributed by atoms with Gasteiger partial charge in [0.05, 0.1) is 0 Å². The van der Waals surface area contributed by atoms with Crippen LogP contribution in [0.4, 0.5) is 6.01 Å². The number of nitrogens with zero attached hydrogens (tertiary/aromatic N) is 4. The Morgan fingerprint density at radius 3 is 2.72 bits per heavy atom. The first-order valence-corrected chi connectivity index (χ1v) is 8.38. The standard InChI is InChI=1S/C18H19N5O2/c1-11-9-15(22-23(11)2)16(24)19-18-21-20-17(25-18)14-8-7-12-5-3-4-6-13(12)10-14/h7-10H,3-6H2,1-2H3,(H,19,21,24). The fraction of sp³-hybridized carbons (Fsp3) is 0.333. The van der Waals surface area contributed by atoms with E-state index in [4.69, 9.17) is 4.42 Å². The Morgan fingerprint density at radius 1 is 1.16 bits per heavy atom. The summed E-state index contributed by atoms with van der Waals surface area (Å²) in [5.74, 6) is 0.0326. The number of carbonyl (C=O) groups is 1. The first-order chi connectivity index (χ1) is 12.1. The number of benzene rings is 1. The van der Waals surface area contributed by atoms with Gasteiger partial charge in [0.2, 0.25) is 5.89 Å². The highest BCUT2D eigenvalue weighted by atomic mass is 16.4. The number of carbonyl (C=O) groups excluding carboxylic acids is 1. The summed E-state index contributed by atoms with van der Waals surface area (Å²) in [5.41, 5.74) is 4.83. The van der Waals surface area contributed by atoms with Crippen LogP contribution in [0.25, 0.3) is 11.5 Å². The first kappa shape index (κ1) is 15.6. The smallest absolute Gasteiger partial charge is 0.322 e. The largest absolute Gasteiger partial charge is 0.403 e. The van der Waals surface area contributed by atoms with Crippen molar-refractivity contribution < 1.29 is 9.21 Å². The van der Waals surface area contributed by atoms with Gasteiger partial charge in [0.1, 0.15) is 0 Å². The first-order valence-electron chi connectivity index (χ1n) is 8.38. The molecule has 0 atom stereocenters. The van der Waals surface area contributed by atoms with E-state index in [2.05, 4.69) is 32.7 Å². The number of hydrogen-bond acceptors (Lipinski definition) is 5. The van der Waals surface area contributed by atoms with Crippen LogP contribution in [0.2, 0.25) is 0 Å². The number of aryl methyl sites for hydroxylation is 4. The summed E-state index contributed by atoms with van der Waals surface area (Å²) in [6.45, 7) is 1.88. The second-order valence-corrected chi connectivity index (χ2v) is 6.35. The quantitative estimate of drug-likeness (QED) is 0.794. The van der Waals surface area contributed by atoms with Crippen molar-refractivity contribution in [2.75, 3.05) is 5.32 Å². The van der Waals surface area contributed by atoms with Gasteiger partial charge in [-0.1, -0.05) is 11.2 Å². The number of aromatic nitrogens is 4. The zero-order chi connectivity index (χ0) is 17.4. The van der Waals surface area contributed by atoms with Crippen LogP contribution in [0.15, 0.2) is 28.7 Å². The topological polar surface area (TPSA) is 85.8 Å². The minimum Gasteiger partial charge on any atom is -0.403 e. The van der Waals surface area contributed by atoms with Crippen LogP contribution < -0.4 is 5.32 Å². The average molecular weight is 337 g/mol. The van der Waals surface area contributed by atoms with Crippen molar-refractivity contribution in [2.45, 2.75) is 32.6 Å². The van der Waals surface area contributed by atoms with Gasteiger partial charge in [-0.2, -0.15) is 5.10 Å². The number of hydrogen-bond donors (Lipinski definition) is 1. The van der Waals surface area contributed by atoms with E-state index in [0.717, 1.165) is 24.1 Å². The normalized spacial score (nSPS) is 13.5. The molecule has 0 fully saturated rings. The molecule has 1 N–H and O–H groups in total. The minimum absolute atomic E-state index is 0.0704. The van der Waals surface area contributed by atoms with Gasteiger partial charge in [-0.05, 0) is 61.9 Å². The Balaban J connectivity index is 1.53. The molecule has 7 nitrogen and oxygen atoms in total. The predicted molar refractivity (Wildman–Crippen MR) is 92.3 cm³/mol. The maximum Gasteiger partial charge on any atom is 0.322 e. The molecule has 7 heteroatoms. The lowest BCUT2D eigenvalue weighted by atomic mass is 9.90. The van der Waals surface area contributed by atoms with Gasteiger partial charge < -0.3 is 4.42 Å². The molecule has 4 rings (SSSR count). The Hall–Kier alpha value is -2.96. The molecule has 128 valence electrons. The van der Waals surface area contributed by atoms with Crippen LogP contribution in [0.5, 0.6) is 0 Å². The molecule has 0 radical (unpaired) electrons. The highest BCUT2D eigenvalue weighted by Crippen LogP contribution is 2.27. The molecule has 25 heavy (non-hydrogen) atoms. The summed E-state index contributed by atoms with van der Waals surface area (Å²) < 4.78 is 7.24. The highest BCUT2D eigenvalue weighted by molar-refractivity contribution is 6.01. The summed E-state index contributed by atoms with van der Waals surface area (Å²) in [6.07, 6.45) is 4.67. The fourth-order valence-corrected chi connectivity index (χ4v) is 3.09. The molecular formula is C18H19N5O2. The van der Waals surface area contributed by atoms with Gasteiger partial charge >= 0.3 is 6.01 Å². The van der Waals surface area contributed by atoms with Crippen molar-refractivity contribution in [1.82, 2.24) is 20.0 Å². The molecule has 0 saturated carbocycles. The number of nitrogens with one attached hydrogen (secondary N) is 1. The Morgan fingerprint density at radius 2 is 1.96 bits per heavy atom. The Labute approximate surface area is 145 Å². The molecular weight excluding hydrogens is 318 g/mol. The van der Waals surface area contributed by atoms with Gasteiger partial charge in [-0.15, -0.1) is 5.10 Å². The number of fused-ring (bicyclic) bond motifs is 1. The summed E-state index contributed by atoms with van der Waals surface area (Å²) in [4.78, 5) is 12.2. The monoisotopic (exact) mass is 337 g/mol. The van der Waals surface area contributed by atoms with Gasteiger partial charge in [-0.25, -0.2) is 0 Å². The van der Waals surface area contributed by atoms with E-state index in [1.807, 2.05) is 13.0 Å². The van der Waals surface area contributed by atoms with E-state index < -0.39 is 0 Å². The molecule has 3 aromatic rings. The third-order valence-corrected chi connectivity index (χ3v) is 4.59. The summed E-state index contributed by atoms with van der Waals surface area (Å²) in [6, 6.07) is 8.00. The number of amides is 1. The zero-order valence-corrected chi connectivity index (χ0v) is 14.2. The summed E-state index contributed by atoms with van der Waals surface area (Å²) in [7, 11) is 1.78. The lowest BCUT2D eigenvalue weighted by Gasteiger charge is -2.15. The van der Waals surface area contributed by atoms with Gasteiger partial charge in [0, 0.05) is 18.3 Å². The second-order valence-electron chi connectivity index (χ2n) is 6.35. The van der Waals surface area contributed by atoms with Crippen molar-refractivity contribution in [3.8, 4) is 11.5 Å². The van der Waals surface area contributed by atoms with Crippen LogP contribution in [0.3, 0.4) is 0 Å². The van der Waals surface area contributed by atoms with Crippen LogP contribution >= 0.6 is 0 Å². The van der Waals surface area contributed by atoms with Gasteiger partial charge in [-0.3, -0.25) is 14.8 Å². The van der Waals surface area contributed by atoms with Crippen molar-refractivity contribution in [1.29, 1.82) is 0 Å². The minimum atomic E-state index is -0.371. The number of rotatable bonds is 3. The van der Waals surface area contributed by atoms with Crippen molar-refractivity contribution in [2.24, 2.45) is 7.05 Å². The van der Waals surface area contributed by atoms with Gasteiger partial charge in [0.15, 0.2) is 5.69 Å². The maximum absolute atomic E-state index is 12.2. The predicted octanol–water partition coefficient (Wildman–Crippen LogP) is 2.91. The van der Waals surface area contributed by atoms with E-state index in [0.29, 0.717) is 11.6 Å². The Kier molecular flexibility index (Phi) is 3.83. The third-order valence-electron chi connectivity index (χ3n) is 4.59. The van der Waals surface area contributed by atoms with E-state index in [1.54, 1.807) is 17.8 Å². The van der Waals surface area contributed by atoms with E-state index >= 15 is 0 Å². The van der Waals surface area contributed by atoms with Crippen LogP contribution in [-0.4, -0.2) is 25.9 Å². The van der Waals surface area contributed by atoms with E-state index in [9.17, 15) is 4.79 Å². The molecule has 0 spiro atoms. The molecule has 0 unspecified atom stereocenters. The van der Waals surface area contributed by atoms with Crippen LogP contribution in [0.1, 0.15) is 40.2 Å². The summed E-state index contributed by atoms with van der Waals surface area (Å²) in [5, 5.41) is 14.7. The maximum atomic E-state index is 12.2. The second kappa shape index (κ2) is 6.16. The van der Waals surface area contributed by atoms with E-state index in [1.165, 1.54) is 24.0 Å². The van der Waals surface area contributed by atoms with Gasteiger partial charge in [0.25, 0.3) is 5.91 Å². The molecule has 0 saturated heterocycles. The fourth-order valence-electron chi connectivity index (χ4n) is 3.09. The molecule has 2 heterocycles. The zero-order valence-electron chi connectivity index (χ0n) is 14.2. The van der Waals surface area contributed by atoms with Crippen molar-refractivity contribution >= 4 is 11.9 Å². The van der Waals surface area contributed by atoms with Crippen LogP contribution in [0, 0.1) is 6.92 Å². The van der Waals surface area contributed by atoms with Crippen molar-refractivity contribution in [3.05, 3.63) is 46.8 Å².